The van der Waals surface area contributed by atoms with Gasteiger partial charge in [0.15, 0.2) is 0 Å². The average molecular weight is 255 g/mol. The highest BCUT2D eigenvalue weighted by Gasteiger charge is 2.27. The molecule has 0 aromatic carbocycles. The Labute approximate surface area is 114 Å². The topological polar surface area (TPSA) is 21.3 Å². The van der Waals surface area contributed by atoms with Crippen LogP contribution in [-0.2, 0) is 4.74 Å². The van der Waals surface area contributed by atoms with Crippen LogP contribution >= 0.6 is 0 Å². The molecule has 0 radical (unpaired) electrons. The van der Waals surface area contributed by atoms with E-state index in [1.165, 1.54) is 70.6 Å². The van der Waals surface area contributed by atoms with Crippen molar-refractivity contribution < 1.29 is 4.74 Å². The van der Waals surface area contributed by atoms with E-state index in [1.54, 1.807) is 0 Å². The summed E-state index contributed by atoms with van der Waals surface area (Å²) in [5.41, 5.74) is 0.264. The Morgan fingerprint density at radius 2 is 1.44 bits per heavy atom. The maximum Gasteiger partial charge on any atom is 0.0971 e. The molecule has 1 rings (SSSR count). The summed E-state index contributed by atoms with van der Waals surface area (Å²) in [5.74, 6) is 0. The molecular weight excluding hydrogens is 222 g/mol. The lowest BCUT2D eigenvalue weighted by atomic mass is 9.95. The summed E-state index contributed by atoms with van der Waals surface area (Å²) in [5, 5.41) is 3.44. The van der Waals surface area contributed by atoms with Crippen LogP contribution in [0.4, 0.5) is 0 Å². The maximum atomic E-state index is 5.39. The Hall–Kier alpha value is -0.0800. The number of unbranched alkanes of at least 4 members (excludes halogenated alkanes) is 9. The number of ether oxygens (including phenoxy) is 1. The van der Waals surface area contributed by atoms with Gasteiger partial charge in [-0.2, -0.15) is 0 Å². The molecule has 2 heteroatoms. The summed E-state index contributed by atoms with van der Waals surface area (Å²) >= 11 is 0. The molecule has 108 valence electrons. The molecule has 0 aliphatic carbocycles. The van der Waals surface area contributed by atoms with Gasteiger partial charge in [0.25, 0.3) is 0 Å². The lowest BCUT2D eigenvalue weighted by molar-refractivity contribution is 0.176. The third-order valence-electron chi connectivity index (χ3n) is 4.10. The number of nitrogens with one attached hydrogen (secondary N) is 1. The second-order valence-corrected chi connectivity index (χ2v) is 6.16. The van der Waals surface area contributed by atoms with E-state index in [9.17, 15) is 0 Å². The zero-order valence-electron chi connectivity index (χ0n) is 12.6. The van der Waals surface area contributed by atoms with Crippen LogP contribution in [-0.4, -0.2) is 18.9 Å². The number of hydrogen-bond acceptors (Lipinski definition) is 2. The molecule has 1 aliphatic heterocycles. The molecule has 0 spiro atoms. The standard InChI is InChI=1S/C16H33NO/c1-3-4-5-6-7-8-9-10-11-12-13-16(2)14-18-15-17-16/h17H,3-15H2,1-2H3. The van der Waals surface area contributed by atoms with Crippen molar-refractivity contribution >= 4 is 0 Å². The minimum absolute atomic E-state index is 0.264. The molecule has 1 heterocycles. The van der Waals surface area contributed by atoms with Crippen LogP contribution in [0.5, 0.6) is 0 Å². The lowest BCUT2D eigenvalue weighted by Crippen LogP contribution is -2.38. The van der Waals surface area contributed by atoms with Crippen molar-refractivity contribution in [2.75, 3.05) is 13.3 Å². The van der Waals surface area contributed by atoms with Gasteiger partial charge < -0.3 is 4.74 Å². The first-order valence-electron chi connectivity index (χ1n) is 8.10. The highest BCUT2D eigenvalue weighted by atomic mass is 16.5. The Bertz CT molecular complexity index is 188. The van der Waals surface area contributed by atoms with Crippen LogP contribution in [0, 0.1) is 0 Å². The van der Waals surface area contributed by atoms with Gasteiger partial charge in [0, 0.05) is 5.54 Å². The first-order valence-corrected chi connectivity index (χ1v) is 8.10. The second kappa shape index (κ2) is 9.80. The summed E-state index contributed by atoms with van der Waals surface area (Å²) in [6.45, 7) is 6.21. The van der Waals surface area contributed by atoms with Crippen LogP contribution in [0.15, 0.2) is 0 Å². The Morgan fingerprint density at radius 3 is 1.94 bits per heavy atom. The Morgan fingerprint density at radius 1 is 0.889 bits per heavy atom. The van der Waals surface area contributed by atoms with Crippen molar-refractivity contribution in [2.45, 2.75) is 90.0 Å². The van der Waals surface area contributed by atoms with E-state index in [4.69, 9.17) is 4.74 Å². The minimum atomic E-state index is 0.264. The van der Waals surface area contributed by atoms with E-state index in [2.05, 4.69) is 19.2 Å². The van der Waals surface area contributed by atoms with Crippen LogP contribution < -0.4 is 5.32 Å². The van der Waals surface area contributed by atoms with E-state index in [-0.39, 0.29) is 5.54 Å². The molecule has 1 atom stereocenters. The van der Waals surface area contributed by atoms with Crippen LogP contribution in [0.3, 0.4) is 0 Å². The third-order valence-corrected chi connectivity index (χ3v) is 4.10. The number of rotatable bonds is 11. The van der Waals surface area contributed by atoms with Gasteiger partial charge >= 0.3 is 0 Å². The molecule has 1 N–H and O–H groups in total. The van der Waals surface area contributed by atoms with Gasteiger partial charge in [0.2, 0.25) is 0 Å². The first-order chi connectivity index (χ1) is 8.77. The van der Waals surface area contributed by atoms with Gasteiger partial charge in [-0.25, -0.2) is 0 Å². The average Bonchev–Trinajstić information content (AvgIpc) is 2.79. The van der Waals surface area contributed by atoms with E-state index in [0.29, 0.717) is 0 Å². The summed E-state index contributed by atoms with van der Waals surface area (Å²) in [6, 6.07) is 0. The fraction of sp³-hybridized carbons (Fsp3) is 1.00. The molecular formula is C16H33NO. The van der Waals surface area contributed by atoms with Gasteiger partial charge in [0.05, 0.1) is 13.3 Å². The zero-order valence-corrected chi connectivity index (χ0v) is 12.6. The summed E-state index contributed by atoms with van der Waals surface area (Å²) in [4.78, 5) is 0. The molecule has 0 amide bonds. The third kappa shape index (κ3) is 7.38. The quantitative estimate of drug-likeness (QED) is 0.543. The molecule has 1 unspecified atom stereocenters. The highest BCUT2D eigenvalue weighted by Crippen LogP contribution is 2.19. The monoisotopic (exact) mass is 255 g/mol. The number of hydrogen-bond donors (Lipinski definition) is 1. The molecule has 0 bridgehead atoms. The van der Waals surface area contributed by atoms with Crippen molar-refractivity contribution in [1.82, 2.24) is 5.32 Å². The van der Waals surface area contributed by atoms with Crippen molar-refractivity contribution in [3.8, 4) is 0 Å². The molecule has 1 fully saturated rings. The molecule has 18 heavy (non-hydrogen) atoms. The molecule has 1 saturated heterocycles. The molecule has 0 saturated carbocycles. The van der Waals surface area contributed by atoms with Crippen LogP contribution in [0.1, 0.15) is 84.5 Å². The molecule has 0 aromatic rings. The smallest absolute Gasteiger partial charge is 0.0971 e. The fourth-order valence-corrected chi connectivity index (χ4v) is 2.72. The first kappa shape index (κ1) is 16.0. The van der Waals surface area contributed by atoms with Gasteiger partial charge in [0.1, 0.15) is 0 Å². The van der Waals surface area contributed by atoms with Gasteiger partial charge in [-0.3, -0.25) is 5.32 Å². The Kier molecular flexibility index (Phi) is 8.70. The van der Waals surface area contributed by atoms with E-state index in [1.807, 2.05) is 0 Å². The van der Waals surface area contributed by atoms with Crippen molar-refractivity contribution in [1.29, 1.82) is 0 Å². The van der Waals surface area contributed by atoms with Crippen molar-refractivity contribution in [3.05, 3.63) is 0 Å². The lowest BCUT2D eigenvalue weighted by Gasteiger charge is -2.21. The van der Waals surface area contributed by atoms with E-state index in [0.717, 1.165) is 13.3 Å². The SMILES string of the molecule is CCCCCCCCCCCCC1(C)COCN1. The van der Waals surface area contributed by atoms with Gasteiger partial charge in [-0.15, -0.1) is 0 Å². The largest absolute Gasteiger partial charge is 0.364 e. The summed E-state index contributed by atoms with van der Waals surface area (Å²) < 4.78 is 5.39. The van der Waals surface area contributed by atoms with Crippen LogP contribution in [0.2, 0.25) is 0 Å². The predicted molar refractivity (Wildman–Crippen MR) is 78.8 cm³/mol. The van der Waals surface area contributed by atoms with E-state index >= 15 is 0 Å². The minimum Gasteiger partial charge on any atom is -0.364 e. The molecule has 0 aromatic heterocycles. The summed E-state index contributed by atoms with van der Waals surface area (Å²) in [6.07, 6.45) is 15.4. The van der Waals surface area contributed by atoms with Gasteiger partial charge in [-0.05, 0) is 13.3 Å². The Balaban J connectivity index is 1.78. The van der Waals surface area contributed by atoms with E-state index < -0.39 is 0 Å². The zero-order chi connectivity index (χ0) is 13.1. The summed E-state index contributed by atoms with van der Waals surface area (Å²) in [7, 11) is 0. The maximum absolute atomic E-state index is 5.39. The van der Waals surface area contributed by atoms with Gasteiger partial charge in [-0.1, -0.05) is 71.1 Å². The second-order valence-electron chi connectivity index (χ2n) is 6.16. The predicted octanol–water partition coefficient (Wildman–Crippen LogP) is 4.63. The normalized spacial score (nSPS) is 23.7. The van der Waals surface area contributed by atoms with Crippen molar-refractivity contribution in [2.24, 2.45) is 0 Å². The molecule has 2 nitrogen and oxygen atoms in total. The molecule has 1 aliphatic rings. The highest BCUT2D eigenvalue weighted by molar-refractivity contribution is 4.85. The fourth-order valence-electron chi connectivity index (χ4n) is 2.72. The van der Waals surface area contributed by atoms with Crippen molar-refractivity contribution in [3.63, 3.8) is 0 Å². The van der Waals surface area contributed by atoms with Crippen LogP contribution in [0.25, 0.3) is 0 Å².